The highest BCUT2D eigenvalue weighted by molar-refractivity contribution is 5.37. The molecule has 1 aliphatic rings. The van der Waals surface area contributed by atoms with E-state index in [-0.39, 0.29) is 17.8 Å². The van der Waals surface area contributed by atoms with Gasteiger partial charge in [0.1, 0.15) is 12.2 Å². The largest absolute Gasteiger partial charge is 0.462 e. The van der Waals surface area contributed by atoms with Gasteiger partial charge in [0.25, 0.3) is 6.47 Å². The molecule has 1 saturated heterocycles. The smallest absolute Gasteiger partial charge is 0.293 e. The zero-order chi connectivity index (χ0) is 7.78. The van der Waals surface area contributed by atoms with Gasteiger partial charge in [-0.15, -0.1) is 0 Å². The van der Waals surface area contributed by atoms with Crippen LogP contribution in [0.4, 0.5) is 0 Å². The van der Waals surface area contributed by atoms with Crippen molar-refractivity contribution in [1.82, 2.24) is 0 Å². The van der Waals surface area contributed by atoms with Crippen LogP contribution in [0.15, 0.2) is 0 Å². The summed E-state index contributed by atoms with van der Waals surface area (Å²) in [5, 5.41) is 0. The highest BCUT2D eigenvalue weighted by atomic mass is 16.6. The highest BCUT2D eigenvalue weighted by Crippen LogP contribution is 2.38. The molecule has 0 amide bonds. The Labute approximate surface area is 60.3 Å². The van der Waals surface area contributed by atoms with Crippen molar-refractivity contribution in [2.75, 3.05) is 0 Å². The molecule has 0 aromatic rings. The molecular weight excluding hydrogens is 132 g/mol. The van der Waals surface area contributed by atoms with Crippen molar-refractivity contribution in [2.24, 2.45) is 0 Å². The van der Waals surface area contributed by atoms with Crippen molar-refractivity contribution < 1.29 is 14.3 Å². The highest BCUT2D eigenvalue weighted by Gasteiger charge is 2.52. The molecule has 2 atom stereocenters. The first kappa shape index (κ1) is 7.54. The summed E-state index contributed by atoms with van der Waals surface area (Å²) in [6, 6.07) is 0. The van der Waals surface area contributed by atoms with E-state index in [9.17, 15) is 4.79 Å². The zero-order valence-electron chi connectivity index (χ0n) is 6.46. The first-order valence-electron chi connectivity index (χ1n) is 3.35. The van der Waals surface area contributed by atoms with Gasteiger partial charge in [-0.1, -0.05) is 0 Å². The molecule has 0 saturated carbocycles. The van der Waals surface area contributed by atoms with Crippen LogP contribution in [-0.2, 0) is 14.3 Å². The Bertz CT molecular complexity index is 142. The summed E-state index contributed by atoms with van der Waals surface area (Å²) < 4.78 is 9.93. The van der Waals surface area contributed by atoms with Crippen LogP contribution in [0.5, 0.6) is 0 Å². The average Bonchev–Trinajstić information content (AvgIpc) is 2.41. The molecule has 0 aromatic heterocycles. The van der Waals surface area contributed by atoms with Crippen LogP contribution in [0.2, 0.25) is 0 Å². The van der Waals surface area contributed by atoms with E-state index in [0.29, 0.717) is 6.47 Å². The normalized spacial score (nSPS) is 30.9. The van der Waals surface area contributed by atoms with E-state index in [1.54, 1.807) is 0 Å². The van der Waals surface area contributed by atoms with Gasteiger partial charge in [0.05, 0.1) is 5.60 Å². The summed E-state index contributed by atoms with van der Waals surface area (Å²) in [5.41, 5.74) is -0.0948. The molecule has 0 radical (unpaired) electrons. The van der Waals surface area contributed by atoms with Gasteiger partial charge in [0.15, 0.2) is 0 Å². The van der Waals surface area contributed by atoms with Gasteiger partial charge >= 0.3 is 0 Å². The predicted molar refractivity (Wildman–Crippen MR) is 35.6 cm³/mol. The molecule has 0 aromatic carbocycles. The van der Waals surface area contributed by atoms with Gasteiger partial charge in [0, 0.05) is 0 Å². The third kappa shape index (κ3) is 1.29. The first-order chi connectivity index (χ1) is 4.58. The number of carbonyl (C=O) groups excluding carboxylic acids is 1. The fraction of sp³-hybridized carbons (Fsp3) is 0.857. The summed E-state index contributed by atoms with van der Waals surface area (Å²) in [5.74, 6) is 0. The third-order valence-corrected chi connectivity index (χ3v) is 1.76. The molecule has 1 rings (SSSR count). The lowest BCUT2D eigenvalue weighted by atomic mass is 10.1. The molecule has 58 valence electrons. The van der Waals surface area contributed by atoms with E-state index in [1.165, 1.54) is 0 Å². The van der Waals surface area contributed by atoms with Crippen LogP contribution < -0.4 is 0 Å². The van der Waals surface area contributed by atoms with E-state index < -0.39 is 0 Å². The second-order valence-corrected chi connectivity index (χ2v) is 3.08. The molecule has 1 heterocycles. The fourth-order valence-electron chi connectivity index (χ4n) is 1.11. The van der Waals surface area contributed by atoms with Crippen molar-refractivity contribution in [3.63, 3.8) is 0 Å². The van der Waals surface area contributed by atoms with E-state index in [1.807, 2.05) is 20.8 Å². The van der Waals surface area contributed by atoms with E-state index >= 15 is 0 Å². The Kier molecular flexibility index (Phi) is 1.68. The van der Waals surface area contributed by atoms with Crippen molar-refractivity contribution >= 4 is 6.47 Å². The number of epoxide rings is 1. The molecule has 1 fully saturated rings. The molecule has 0 bridgehead atoms. The minimum absolute atomic E-state index is 0.0812. The molecule has 0 aliphatic carbocycles. The van der Waals surface area contributed by atoms with E-state index in [2.05, 4.69) is 0 Å². The Hall–Kier alpha value is -0.570. The average molecular weight is 144 g/mol. The van der Waals surface area contributed by atoms with Crippen LogP contribution in [-0.4, -0.2) is 24.3 Å². The van der Waals surface area contributed by atoms with Crippen molar-refractivity contribution in [1.29, 1.82) is 0 Å². The van der Waals surface area contributed by atoms with Crippen LogP contribution in [0.3, 0.4) is 0 Å². The monoisotopic (exact) mass is 144 g/mol. The minimum atomic E-state index is -0.118. The summed E-state index contributed by atoms with van der Waals surface area (Å²) in [6.07, 6.45) is -0.0369. The zero-order valence-corrected chi connectivity index (χ0v) is 6.46. The standard InChI is InChI=1S/C7H12O3/c1-5(9-4-8)6-7(2,3)10-6/h4-6H,1-3H3. The van der Waals surface area contributed by atoms with Crippen LogP contribution in [0.1, 0.15) is 20.8 Å². The molecular formula is C7H12O3. The Morgan fingerprint density at radius 1 is 1.70 bits per heavy atom. The van der Waals surface area contributed by atoms with Crippen molar-refractivity contribution in [3.8, 4) is 0 Å². The fourth-order valence-corrected chi connectivity index (χ4v) is 1.11. The Morgan fingerprint density at radius 2 is 2.20 bits per heavy atom. The summed E-state index contributed by atoms with van der Waals surface area (Å²) in [6.45, 7) is 6.24. The van der Waals surface area contributed by atoms with Gasteiger partial charge in [-0.3, -0.25) is 4.79 Å². The summed E-state index contributed by atoms with van der Waals surface area (Å²) >= 11 is 0. The van der Waals surface area contributed by atoms with Gasteiger partial charge < -0.3 is 9.47 Å². The number of rotatable bonds is 3. The maximum Gasteiger partial charge on any atom is 0.293 e. The molecule has 3 heteroatoms. The predicted octanol–water partition coefficient (Wildman–Crippen LogP) is 0.725. The van der Waals surface area contributed by atoms with E-state index in [4.69, 9.17) is 9.47 Å². The maximum absolute atomic E-state index is 9.88. The third-order valence-electron chi connectivity index (χ3n) is 1.76. The maximum atomic E-state index is 9.88. The quantitative estimate of drug-likeness (QED) is 0.433. The Balaban J connectivity index is 2.32. The SMILES string of the molecule is CC(OC=O)C1OC1(C)C. The van der Waals surface area contributed by atoms with E-state index in [0.717, 1.165) is 0 Å². The first-order valence-corrected chi connectivity index (χ1v) is 3.35. The molecule has 10 heavy (non-hydrogen) atoms. The van der Waals surface area contributed by atoms with Crippen LogP contribution >= 0.6 is 0 Å². The second kappa shape index (κ2) is 2.23. The molecule has 0 N–H and O–H groups in total. The van der Waals surface area contributed by atoms with Gasteiger partial charge in [-0.2, -0.15) is 0 Å². The summed E-state index contributed by atoms with van der Waals surface area (Å²) in [4.78, 5) is 9.88. The molecule has 0 spiro atoms. The van der Waals surface area contributed by atoms with Gasteiger partial charge in [-0.25, -0.2) is 0 Å². The number of ether oxygens (including phenoxy) is 2. The van der Waals surface area contributed by atoms with Crippen molar-refractivity contribution in [2.45, 2.75) is 38.6 Å². The summed E-state index contributed by atoms with van der Waals surface area (Å²) in [7, 11) is 0. The van der Waals surface area contributed by atoms with Crippen LogP contribution in [0.25, 0.3) is 0 Å². The Morgan fingerprint density at radius 3 is 2.50 bits per heavy atom. The number of carbonyl (C=O) groups is 1. The topological polar surface area (TPSA) is 38.8 Å². The molecule has 2 unspecified atom stereocenters. The number of hydrogen-bond acceptors (Lipinski definition) is 3. The lowest BCUT2D eigenvalue weighted by Gasteiger charge is -2.05. The van der Waals surface area contributed by atoms with Gasteiger partial charge in [-0.05, 0) is 20.8 Å². The second-order valence-electron chi connectivity index (χ2n) is 3.08. The number of hydrogen-bond donors (Lipinski definition) is 0. The molecule has 1 aliphatic heterocycles. The lowest BCUT2D eigenvalue weighted by molar-refractivity contribution is -0.133. The van der Waals surface area contributed by atoms with Gasteiger partial charge in [0.2, 0.25) is 0 Å². The lowest BCUT2D eigenvalue weighted by Crippen LogP contribution is -2.19. The van der Waals surface area contributed by atoms with Crippen molar-refractivity contribution in [3.05, 3.63) is 0 Å². The molecule has 3 nitrogen and oxygen atoms in total. The van der Waals surface area contributed by atoms with Crippen LogP contribution in [0, 0.1) is 0 Å². The minimum Gasteiger partial charge on any atom is -0.462 e.